The normalized spacial score (nSPS) is 22.5. The number of cyclic esters (lactones) is 1. The first-order valence-corrected chi connectivity index (χ1v) is 4.28. The first kappa shape index (κ1) is 11.5. The molecule has 2 atom stereocenters. The van der Waals surface area contributed by atoms with Crippen LogP contribution in [0.15, 0.2) is 24.2 Å². The van der Waals surface area contributed by atoms with Gasteiger partial charge in [0.25, 0.3) is 0 Å². The molecule has 1 rings (SSSR count). The van der Waals surface area contributed by atoms with Crippen LogP contribution in [0.5, 0.6) is 0 Å². The van der Waals surface area contributed by atoms with Crippen molar-refractivity contribution in [3.8, 4) is 0 Å². The van der Waals surface area contributed by atoms with Gasteiger partial charge in [0.15, 0.2) is 11.9 Å². The van der Waals surface area contributed by atoms with E-state index in [4.69, 9.17) is 9.84 Å². The molecule has 15 heavy (non-hydrogen) atoms. The third-order valence-corrected chi connectivity index (χ3v) is 1.81. The van der Waals surface area contributed by atoms with Crippen LogP contribution in [0.1, 0.15) is 0 Å². The van der Waals surface area contributed by atoms with E-state index in [0.29, 0.717) is 0 Å². The average molecular weight is 216 g/mol. The van der Waals surface area contributed by atoms with Crippen molar-refractivity contribution in [2.75, 3.05) is 13.2 Å². The highest BCUT2D eigenvalue weighted by molar-refractivity contribution is 5.89. The van der Waals surface area contributed by atoms with E-state index in [1.54, 1.807) is 0 Å². The second kappa shape index (κ2) is 4.81. The number of hydrogen-bond acceptors (Lipinski definition) is 6. The Hall–Kier alpha value is -1.53. The number of aliphatic hydroxyl groups is 3. The van der Waals surface area contributed by atoms with E-state index in [0.717, 1.165) is 0 Å². The SMILES string of the molecule is C=CCOC1=C(O)C(=O)O[C@@H]1[C@@H](O)CO. The number of carbonyl (C=O) groups is 1. The Morgan fingerprint density at radius 3 is 2.87 bits per heavy atom. The summed E-state index contributed by atoms with van der Waals surface area (Å²) in [7, 11) is 0. The van der Waals surface area contributed by atoms with Crippen LogP contribution in [-0.4, -0.2) is 46.7 Å². The fourth-order valence-corrected chi connectivity index (χ4v) is 1.11. The third kappa shape index (κ3) is 2.28. The summed E-state index contributed by atoms with van der Waals surface area (Å²) in [6.45, 7) is 2.84. The van der Waals surface area contributed by atoms with Crippen LogP contribution in [0.4, 0.5) is 0 Å². The number of ether oxygens (including phenoxy) is 2. The fraction of sp³-hybridized carbons (Fsp3) is 0.444. The summed E-state index contributed by atoms with van der Waals surface area (Å²) in [6.07, 6.45) is -1.08. The van der Waals surface area contributed by atoms with Crippen LogP contribution in [-0.2, 0) is 14.3 Å². The highest BCUT2D eigenvalue weighted by Gasteiger charge is 2.40. The maximum absolute atomic E-state index is 10.9. The molecular weight excluding hydrogens is 204 g/mol. The van der Waals surface area contributed by atoms with Gasteiger partial charge in [0.1, 0.15) is 12.7 Å². The molecule has 6 nitrogen and oxygen atoms in total. The fourth-order valence-electron chi connectivity index (χ4n) is 1.11. The molecule has 1 aliphatic heterocycles. The monoisotopic (exact) mass is 216 g/mol. The Morgan fingerprint density at radius 1 is 1.67 bits per heavy atom. The molecule has 0 fully saturated rings. The minimum atomic E-state index is -1.32. The van der Waals surface area contributed by atoms with Crippen molar-refractivity contribution >= 4 is 5.97 Å². The van der Waals surface area contributed by atoms with Crippen molar-refractivity contribution < 1.29 is 29.6 Å². The summed E-state index contributed by atoms with van der Waals surface area (Å²) in [5.74, 6) is -1.85. The zero-order valence-corrected chi connectivity index (χ0v) is 7.92. The summed E-state index contributed by atoms with van der Waals surface area (Å²) in [5, 5.41) is 27.2. The van der Waals surface area contributed by atoms with Crippen LogP contribution < -0.4 is 0 Å². The van der Waals surface area contributed by atoms with Gasteiger partial charge in [-0.2, -0.15) is 0 Å². The van der Waals surface area contributed by atoms with Gasteiger partial charge in [-0.1, -0.05) is 12.7 Å². The standard InChI is InChI=1S/C9H12O6/c1-2-3-14-8-6(12)9(13)15-7(8)5(11)4-10/h2,5,7,10-12H,1,3-4H2/t5-,7+/m0/s1. The lowest BCUT2D eigenvalue weighted by Gasteiger charge is -2.17. The van der Waals surface area contributed by atoms with Gasteiger partial charge in [-0.05, 0) is 0 Å². The second-order valence-electron chi connectivity index (χ2n) is 2.89. The average Bonchev–Trinajstić information content (AvgIpc) is 2.52. The van der Waals surface area contributed by atoms with E-state index in [9.17, 15) is 15.0 Å². The van der Waals surface area contributed by atoms with E-state index in [-0.39, 0.29) is 12.4 Å². The van der Waals surface area contributed by atoms with Crippen molar-refractivity contribution in [1.82, 2.24) is 0 Å². The summed E-state index contributed by atoms with van der Waals surface area (Å²) in [5.41, 5.74) is 0. The predicted octanol–water partition coefficient (Wildman–Crippen LogP) is -0.763. The molecule has 0 aromatic rings. The van der Waals surface area contributed by atoms with E-state index in [2.05, 4.69) is 11.3 Å². The Balaban J connectivity index is 2.82. The minimum absolute atomic E-state index is 0.0602. The van der Waals surface area contributed by atoms with Crippen LogP contribution >= 0.6 is 0 Å². The molecule has 0 aromatic carbocycles. The molecule has 0 amide bonds. The van der Waals surface area contributed by atoms with E-state index >= 15 is 0 Å². The summed E-state index contributed by atoms with van der Waals surface area (Å²) in [6, 6.07) is 0. The number of rotatable bonds is 5. The molecule has 6 heteroatoms. The highest BCUT2D eigenvalue weighted by Crippen LogP contribution is 2.24. The highest BCUT2D eigenvalue weighted by atomic mass is 16.6. The minimum Gasteiger partial charge on any atom is -0.499 e. The number of aliphatic hydroxyl groups excluding tert-OH is 3. The lowest BCUT2D eigenvalue weighted by molar-refractivity contribution is -0.148. The van der Waals surface area contributed by atoms with Crippen LogP contribution in [0.2, 0.25) is 0 Å². The molecule has 0 aromatic heterocycles. The Morgan fingerprint density at radius 2 is 2.33 bits per heavy atom. The van der Waals surface area contributed by atoms with Crippen LogP contribution in [0, 0.1) is 0 Å². The van der Waals surface area contributed by atoms with Crippen molar-refractivity contribution in [2.24, 2.45) is 0 Å². The van der Waals surface area contributed by atoms with Crippen molar-refractivity contribution in [1.29, 1.82) is 0 Å². The first-order chi connectivity index (χ1) is 7.11. The summed E-state index contributed by atoms with van der Waals surface area (Å²) in [4.78, 5) is 10.9. The second-order valence-corrected chi connectivity index (χ2v) is 2.89. The van der Waals surface area contributed by atoms with Crippen molar-refractivity contribution in [3.63, 3.8) is 0 Å². The molecule has 0 bridgehead atoms. The molecule has 0 saturated carbocycles. The van der Waals surface area contributed by atoms with Gasteiger partial charge in [0.05, 0.1) is 6.61 Å². The largest absolute Gasteiger partial charge is 0.499 e. The zero-order chi connectivity index (χ0) is 11.4. The van der Waals surface area contributed by atoms with E-state index < -0.39 is 30.5 Å². The first-order valence-electron chi connectivity index (χ1n) is 4.28. The molecule has 1 heterocycles. The topological polar surface area (TPSA) is 96.2 Å². The van der Waals surface area contributed by atoms with Crippen molar-refractivity contribution in [2.45, 2.75) is 12.2 Å². The molecule has 0 unspecified atom stereocenters. The molecular formula is C9H12O6. The van der Waals surface area contributed by atoms with Gasteiger partial charge in [0, 0.05) is 0 Å². The van der Waals surface area contributed by atoms with Gasteiger partial charge < -0.3 is 24.8 Å². The lowest BCUT2D eigenvalue weighted by Crippen LogP contribution is -2.32. The smallest absolute Gasteiger partial charge is 0.378 e. The van der Waals surface area contributed by atoms with Gasteiger partial charge in [-0.25, -0.2) is 4.79 Å². The lowest BCUT2D eigenvalue weighted by atomic mass is 10.2. The molecule has 0 saturated heterocycles. The maximum atomic E-state index is 10.9. The molecule has 0 aliphatic carbocycles. The van der Waals surface area contributed by atoms with Crippen LogP contribution in [0.3, 0.4) is 0 Å². The molecule has 0 radical (unpaired) electrons. The van der Waals surface area contributed by atoms with E-state index in [1.807, 2.05) is 0 Å². The Labute approximate surface area is 86.0 Å². The molecule has 1 aliphatic rings. The number of esters is 1. The molecule has 3 N–H and O–H groups in total. The number of hydrogen-bond donors (Lipinski definition) is 3. The maximum Gasteiger partial charge on any atom is 0.378 e. The van der Waals surface area contributed by atoms with Crippen molar-refractivity contribution in [3.05, 3.63) is 24.2 Å². The van der Waals surface area contributed by atoms with Gasteiger partial charge in [0.2, 0.25) is 5.76 Å². The Kier molecular flexibility index (Phi) is 3.70. The third-order valence-electron chi connectivity index (χ3n) is 1.81. The summed E-state index contributed by atoms with van der Waals surface area (Å²) < 4.78 is 9.57. The van der Waals surface area contributed by atoms with Crippen LogP contribution in [0.25, 0.3) is 0 Å². The number of carbonyl (C=O) groups excluding carboxylic acids is 1. The Bertz CT molecular complexity index is 295. The molecule has 84 valence electrons. The predicted molar refractivity (Wildman–Crippen MR) is 48.8 cm³/mol. The van der Waals surface area contributed by atoms with Gasteiger partial charge in [-0.3, -0.25) is 0 Å². The quantitative estimate of drug-likeness (QED) is 0.413. The zero-order valence-electron chi connectivity index (χ0n) is 7.92. The van der Waals surface area contributed by atoms with Gasteiger partial charge >= 0.3 is 5.97 Å². The molecule has 0 spiro atoms. The summed E-state index contributed by atoms with van der Waals surface area (Å²) >= 11 is 0. The van der Waals surface area contributed by atoms with Gasteiger partial charge in [-0.15, -0.1) is 0 Å². The van der Waals surface area contributed by atoms with E-state index in [1.165, 1.54) is 6.08 Å².